The maximum absolute atomic E-state index is 11.4. The summed E-state index contributed by atoms with van der Waals surface area (Å²) in [6.07, 6.45) is 3.24. The minimum absolute atomic E-state index is 0.0382. The van der Waals surface area contributed by atoms with Gasteiger partial charge in [-0.3, -0.25) is 9.89 Å². The van der Waals surface area contributed by atoms with Gasteiger partial charge in [0.1, 0.15) is 5.69 Å². The van der Waals surface area contributed by atoms with E-state index in [2.05, 4.69) is 20.2 Å². The van der Waals surface area contributed by atoms with Crippen molar-refractivity contribution in [1.29, 1.82) is 0 Å². The standard InChI is InChI=1S/C10H10N4O/c1-6-8(7(2)15)9(14-13-6)10-11-4-3-5-12-10/h3-5H,1-2H3,(H,13,14). The Kier molecular flexibility index (Phi) is 2.29. The van der Waals surface area contributed by atoms with Gasteiger partial charge in [0.2, 0.25) is 0 Å². The van der Waals surface area contributed by atoms with Crippen LogP contribution < -0.4 is 0 Å². The second kappa shape index (κ2) is 3.61. The van der Waals surface area contributed by atoms with Crippen LogP contribution in [0, 0.1) is 6.92 Å². The number of aryl methyl sites for hydroxylation is 1. The van der Waals surface area contributed by atoms with E-state index in [1.165, 1.54) is 6.92 Å². The van der Waals surface area contributed by atoms with Gasteiger partial charge in [-0.05, 0) is 19.9 Å². The van der Waals surface area contributed by atoms with Gasteiger partial charge in [0.15, 0.2) is 11.6 Å². The van der Waals surface area contributed by atoms with E-state index in [1.807, 2.05) is 0 Å². The third-order valence-electron chi connectivity index (χ3n) is 2.08. The van der Waals surface area contributed by atoms with Crippen molar-refractivity contribution in [2.45, 2.75) is 13.8 Å². The molecule has 0 aromatic carbocycles. The van der Waals surface area contributed by atoms with E-state index in [0.29, 0.717) is 17.1 Å². The summed E-state index contributed by atoms with van der Waals surface area (Å²) in [6, 6.07) is 1.72. The average molecular weight is 202 g/mol. The van der Waals surface area contributed by atoms with Crippen LogP contribution in [0.2, 0.25) is 0 Å². The highest BCUT2D eigenvalue weighted by molar-refractivity contribution is 6.00. The Labute approximate surface area is 86.6 Å². The molecule has 2 aromatic heterocycles. The Morgan fingerprint density at radius 3 is 2.60 bits per heavy atom. The van der Waals surface area contributed by atoms with Gasteiger partial charge in [0, 0.05) is 18.1 Å². The lowest BCUT2D eigenvalue weighted by Crippen LogP contribution is -1.98. The molecule has 0 fully saturated rings. The fourth-order valence-electron chi connectivity index (χ4n) is 1.44. The summed E-state index contributed by atoms with van der Waals surface area (Å²) in [6.45, 7) is 3.31. The van der Waals surface area contributed by atoms with Crippen LogP contribution in [-0.4, -0.2) is 25.9 Å². The van der Waals surface area contributed by atoms with Gasteiger partial charge < -0.3 is 0 Å². The summed E-state index contributed by atoms with van der Waals surface area (Å²) in [5.74, 6) is 0.427. The molecule has 0 aliphatic rings. The first-order valence-electron chi connectivity index (χ1n) is 4.53. The molecule has 5 nitrogen and oxygen atoms in total. The number of hydrogen-bond acceptors (Lipinski definition) is 4. The molecule has 0 saturated heterocycles. The zero-order valence-electron chi connectivity index (χ0n) is 8.48. The van der Waals surface area contributed by atoms with Crippen LogP contribution in [0.1, 0.15) is 23.0 Å². The summed E-state index contributed by atoms with van der Waals surface area (Å²) in [4.78, 5) is 19.5. The second-order valence-electron chi connectivity index (χ2n) is 3.20. The van der Waals surface area contributed by atoms with Crippen molar-refractivity contribution in [3.63, 3.8) is 0 Å². The monoisotopic (exact) mass is 202 g/mol. The van der Waals surface area contributed by atoms with Crippen LogP contribution in [0.4, 0.5) is 0 Å². The summed E-state index contributed by atoms with van der Waals surface area (Å²) in [5.41, 5.74) is 1.81. The van der Waals surface area contributed by atoms with Crippen molar-refractivity contribution in [3.8, 4) is 11.5 Å². The molecule has 0 saturated carbocycles. The van der Waals surface area contributed by atoms with Crippen LogP contribution in [0.5, 0.6) is 0 Å². The fraction of sp³-hybridized carbons (Fsp3) is 0.200. The molecule has 0 unspecified atom stereocenters. The Balaban J connectivity index is 2.59. The number of Topliss-reactive ketones (excluding diaryl/α,β-unsaturated/α-hetero) is 1. The lowest BCUT2D eigenvalue weighted by Gasteiger charge is -1.97. The number of ketones is 1. The molecule has 2 rings (SSSR count). The first kappa shape index (κ1) is 9.51. The lowest BCUT2D eigenvalue weighted by atomic mass is 10.1. The Morgan fingerprint density at radius 1 is 1.33 bits per heavy atom. The van der Waals surface area contributed by atoms with E-state index in [-0.39, 0.29) is 5.78 Å². The van der Waals surface area contributed by atoms with Crippen molar-refractivity contribution < 1.29 is 4.79 Å². The van der Waals surface area contributed by atoms with E-state index in [0.717, 1.165) is 5.69 Å². The molecule has 0 aliphatic heterocycles. The molecule has 2 heterocycles. The number of nitrogens with zero attached hydrogens (tertiary/aromatic N) is 3. The van der Waals surface area contributed by atoms with E-state index in [9.17, 15) is 4.79 Å². The number of rotatable bonds is 2. The average Bonchev–Trinajstić information content (AvgIpc) is 2.61. The van der Waals surface area contributed by atoms with Crippen LogP contribution in [-0.2, 0) is 0 Å². The van der Waals surface area contributed by atoms with Crippen LogP contribution in [0.25, 0.3) is 11.5 Å². The van der Waals surface area contributed by atoms with E-state index in [1.54, 1.807) is 25.4 Å². The molecule has 0 bridgehead atoms. The Bertz CT molecular complexity index is 489. The van der Waals surface area contributed by atoms with E-state index < -0.39 is 0 Å². The Hall–Kier alpha value is -2.04. The number of H-pyrrole nitrogens is 1. The first-order chi connectivity index (χ1) is 7.20. The van der Waals surface area contributed by atoms with Crippen molar-refractivity contribution >= 4 is 5.78 Å². The van der Waals surface area contributed by atoms with Gasteiger partial charge in [-0.2, -0.15) is 5.10 Å². The topological polar surface area (TPSA) is 71.5 Å². The number of hydrogen-bond donors (Lipinski definition) is 1. The van der Waals surface area contributed by atoms with Gasteiger partial charge in [-0.25, -0.2) is 9.97 Å². The van der Waals surface area contributed by atoms with Crippen molar-refractivity contribution in [1.82, 2.24) is 20.2 Å². The van der Waals surface area contributed by atoms with Gasteiger partial charge in [0.25, 0.3) is 0 Å². The molecule has 0 radical (unpaired) electrons. The molecule has 15 heavy (non-hydrogen) atoms. The summed E-state index contributed by atoms with van der Waals surface area (Å²) >= 11 is 0. The smallest absolute Gasteiger partial charge is 0.180 e. The fourth-order valence-corrected chi connectivity index (χ4v) is 1.44. The highest BCUT2D eigenvalue weighted by atomic mass is 16.1. The molecular formula is C10H10N4O. The maximum Gasteiger partial charge on any atom is 0.180 e. The quantitative estimate of drug-likeness (QED) is 0.747. The highest BCUT2D eigenvalue weighted by Gasteiger charge is 2.17. The number of carbonyl (C=O) groups excluding carboxylic acids is 1. The first-order valence-corrected chi connectivity index (χ1v) is 4.53. The summed E-state index contributed by atoms with van der Waals surface area (Å²) in [5, 5.41) is 6.80. The van der Waals surface area contributed by atoms with Crippen molar-refractivity contribution in [2.75, 3.05) is 0 Å². The minimum Gasteiger partial charge on any atom is -0.294 e. The third-order valence-corrected chi connectivity index (χ3v) is 2.08. The SMILES string of the molecule is CC(=O)c1c(-c2ncccn2)n[nH]c1C. The summed E-state index contributed by atoms with van der Waals surface area (Å²) < 4.78 is 0. The number of aromatic amines is 1. The largest absolute Gasteiger partial charge is 0.294 e. The molecule has 0 amide bonds. The molecular weight excluding hydrogens is 192 g/mol. The molecule has 1 N–H and O–H groups in total. The zero-order chi connectivity index (χ0) is 10.8. The second-order valence-corrected chi connectivity index (χ2v) is 3.20. The molecule has 2 aromatic rings. The van der Waals surface area contributed by atoms with Crippen LogP contribution >= 0.6 is 0 Å². The number of carbonyl (C=O) groups is 1. The predicted molar refractivity (Wildman–Crippen MR) is 54.4 cm³/mol. The normalized spacial score (nSPS) is 10.3. The maximum atomic E-state index is 11.4. The van der Waals surface area contributed by atoms with Crippen molar-refractivity contribution in [2.24, 2.45) is 0 Å². The molecule has 5 heteroatoms. The van der Waals surface area contributed by atoms with Gasteiger partial charge >= 0.3 is 0 Å². The summed E-state index contributed by atoms with van der Waals surface area (Å²) in [7, 11) is 0. The highest BCUT2D eigenvalue weighted by Crippen LogP contribution is 2.19. The molecule has 0 aliphatic carbocycles. The minimum atomic E-state index is -0.0382. The van der Waals surface area contributed by atoms with E-state index in [4.69, 9.17) is 0 Å². The number of nitrogens with one attached hydrogen (secondary N) is 1. The number of aromatic nitrogens is 4. The molecule has 0 spiro atoms. The van der Waals surface area contributed by atoms with Gasteiger partial charge in [0.05, 0.1) is 5.56 Å². The zero-order valence-corrected chi connectivity index (χ0v) is 8.48. The molecule has 76 valence electrons. The predicted octanol–water partition coefficient (Wildman–Crippen LogP) is 1.38. The third kappa shape index (κ3) is 1.63. The Morgan fingerprint density at radius 2 is 2.00 bits per heavy atom. The van der Waals surface area contributed by atoms with Crippen LogP contribution in [0.15, 0.2) is 18.5 Å². The lowest BCUT2D eigenvalue weighted by molar-refractivity contribution is 0.101. The van der Waals surface area contributed by atoms with Crippen LogP contribution in [0.3, 0.4) is 0 Å². The van der Waals surface area contributed by atoms with E-state index >= 15 is 0 Å². The van der Waals surface area contributed by atoms with Crippen molar-refractivity contribution in [3.05, 3.63) is 29.7 Å². The molecule has 0 atom stereocenters. The van der Waals surface area contributed by atoms with Gasteiger partial charge in [-0.1, -0.05) is 0 Å². The van der Waals surface area contributed by atoms with Gasteiger partial charge in [-0.15, -0.1) is 0 Å².